The molecule has 8 heteroatoms. The van der Waals surface area contributed by atoms with E-state index in [2.05, 4.69) is 4.98 Å². The first-order valence-electron chi connectivity index (χ1n) is 9.87. The van der Waals surface area contributed by atoms with Gasteiger partial charge in [-0.3, -0.25) is 14.6 Å². The summed E-state index contributed by atoms with van der Waals surface area (Å²) < 4.78 is 11.3. The summed E-state index contributed by atoms with van der Waals surface area (Å²) in [6, 6.07) is 10.9. The van der Waals surface area contributed by atoms with Crippen molar-refractivity contribution in [3.63, 3.8) is 0 Å². The van der Waals surface area contributed by atoms with Crippen LogP contribution in [0.15, 0.2) is 64.4 Å². The number of rotatable bonds is 7. The van der Waals surface area contributed by atoms with E-state index in [0.29, 0.717) is 21.7 Å². The van der Waals surface area contributed by atoms with Crippen LogP contribution in [-0.4, -0.2) is 45.9 Å². The Morgan fingerprint density at radius 3 is 2.81 bits per heavy atom. The number of ether oxygens (including phenoxy) is 1. The molecule has 3 heterocycles. The molecule has 2 aromatic heterocycles. The van der Waals surface area contributed by atoms with E-state index in [1.165, 1.54) is 4.90 Å². The van der Waals surface area contributed by atoms with Crippen molar-refractivity contribution in [3.8, 4) is 0 Å². The van der Waals surface area contributed by atoms with Crippen LogP contribution in [0, 0.1) is 0 Å². The average Bonchev–Trinajstić information content (AvgIpc) is 3.27. The summed E-state index contributed by atoms with van der Waals surface area (Å²) in [4.78, 5) is 32.0. The summed E-state index contributed by atoms with van der Waals surface area (Å²) in [5, 5.41) is 11.8. The first-order valence-corrected chi connectivity index (χ1v) is 10.2. The number of carbonyl (C=O) groups is 2. The molecule has 7 nitrogen and oxygen atoms in total. The number of nitrogens with zero attached hydrogens (tertiary/aromatic N) is 2. The summed E-state index contributed by atoms with van der Waals surface area (Å²) >= 11 is 6.02. The fourth-order valence-corrected chi connectivity index (χ4v) is 3.79. The van der Waals surface area contributed by atoms with Crippen molar-refractivity contribution in [1.82, 2.24) is 9.88 Å². The van der Waals surface area contributed by atoms with Gasteiger partial charge in [0.05, 0.1) is 24.0 Å². The lowest BCUT2D eigenvalue weighted by molar-refractivity contribution is -0.130. The zero-order valence-electron chi connectivity index (χ0n) is 17.0. The van der Waals surface area contributed by atoms with Crippen LogP contribution in [0.25, 0.3) is 11.0 Å². The van der Waals surface area contributed by atoms with Crippen molar-refractivity contribution < 1.29 is 23.8 Å². The van der Waals surface area contributed by atoms with Crippen LogP contribution >= 0.6 is 11.6 Å². The molecule has 1 aromatic carbocycles. The predicted molar refractivity (Wildman–Crippen MR) is 115 cm³/mol. The van der Waals surface area contributed by atoms with Crippen molar-refractivity contribution in [2.24, 2.45) is 0 Å². The van der Waals surface area contributed by atoms with Crippen LogP contribution < -0.4 is 0 Å². The maximum Gasteiger partial charge on any atom is 0.290 e. The highest BCUT2D eigenvalue weighted by Gasteiger charge is 2.45. The highest BCUT2D eigenvalue weighted by Crippen LogP contribution is 2.38. The van der Waals surface area contributed by atoms with Gasteiger partial charge in [0.2, 0.25) is 5.78 Å². The third kappa shape index (κ3) is 4.06. The summed E-state index contributed by atoms with van der Waals surface area (Å²) in [5.74, 6) is -1.83. The molecule has 0 saturated carbocycles. The lowest BCUT2D eigenvalue weighted by Crippen LogP contribution is -2.35. The SMILES string of the molecule is CC(C)OCCN1C(=O)C(O)=C(C(=O)c2cc3cc(Cl)ccc3o2)C1c1ccccn1. The number of aromatic nitrogens is 1. The summed E-state index contributed by atoms with van der Waals surface area (Å²) in [5.41, 5.74) is 0.874. The van der Waals surface area contributed by atoms with Gasteiger partial charge in [0, 0.05) is 23.2 Å². The zero-order valence-corrected chi connectivity index (χ0v) is 17.8. The van der Waals surface area contributed by atoms with E-state index in [-0.39, 0.29) is 30.6 Å². The molecule has 0 bridgehead atoms. The lowest BCUT2D eigenvalue weighted by atomic mass is 9.98. The number of aliphatic hydroxyl groups is 1. The number of Topliss-reactive ketones (excluding diaryl/α,β-unsaturated/α-hetero) is 1. The number of carbonyl (C=O) groups excluding carboxylic acids is 2. The fourth-order valence-electron chi connectivity index (χ4n) is 3.61. The smallest absolute Gasteiger partial charge is 0.290 e. The molecule has 0 fully saturated rings. The predicted octanol–water partition coefficient (Wildman–Crippen LogP) is 4.48. The molecule has 1 unspecified atom stereocenters. The molecule has 31 heavy (non-hydrogen) atoms. The number of amides is 1. The minimum atomic E-state index is -0.853. The fraction of sp³-hybridized carbons (Fsp3) is 0.261. The van der Waals surface area contributed by atoms with Gasteiger partial charge in [0.25, 0.3) is 5.91 Å². The van der Waals surface area contributed by atoms with Gasteiger partial charge in [0.15, 0.2) is 11.5 Å². The van der Waals surface area contributed by atoms with Crippen molar-refractivity contribution in [2.45, 2.75) is 26.0 Å². The van der Waals surface area contributed by atoms with Gasteiger partial charge in [-0.1, -0.05) is 17.7 Å². The molecule has 160 valence electrons. The largest absolute Gasteiger partial charge is 0.503 e. The third-order valence-electron chi connectivity index (χ3n) is 5.00. The highest BCUT2D eigenvalue weighted by molar-refractivity contribution is 6.31. The molecule has 0 saturated heterocycles. The van der Waals surface area contributed by atoms with E-state index in [1.807, 2.05) is 13.8 Å². The van der Waals surface area contributed by atoms with Crippen LogP contribution in [0.5, 0.6) is 0 Å². The molecule has 1 amide bonds. The average molecular weight is 441 g/mol. The molecular weight excluding hydrogens is 420 g/mol. The summed E-state index contributed by atoms with van der Waals surface area (Å²) in [7, 11) is 0. The Morgan fingerprint density at radius 1 is 1.29 bits per heavy atom. The van der Waals surface area contributed by atoms with Crippen LogP contribution in [0.1, 0.15) is 36.1 Å². The molecule has 0 spiro atoms. The van der Waals surface area contributed by atoms with Crippen LogP contribution in [0.3, 0.4) is 0 Å². The monoisotopic (exact) mass is 440 g/mol. The Bertz CT molecular complexity index is 1170. The quantitative estimate of drug-likeness (QED) is 0.544. The van der Waals surface area contributed by atoms with Gasteiger partial charge in [-0.2, -0.15) is 0 Å². The number of ketones is 1. The maximum atomic E-state index is 13.4. The molecule has 0 aliphatic carbocycles. The third-order valence-corrected chi connectivity index (χ3v) is 5.24. The zero-order chi connectivity index (χ0) is 22.1. The van der Waals surface area contributed by atoms with Gasteiger partial charge >= 0.3 is 0 Å². The molecule has 1 aliphatic heterocycles. The van der Waals surface area contributed by atoms with Gasteiger partial charge in [-0.15, -0.1) is 0 Å². The number of aliphatic hydroxyl groups excluding tert-OH is 1. The molecule has 1 N–H and O–H groups in total. The van der Waals surface area contributed by atoms with Crippen molar-refractivity contribution in [3.05, 3.63) is 76.5 Å². The minimum absolute atomic E-state index is 0.00725. The van der Waals surface area contributed by atoms with Crippen LogP contribution in [0.2, 0.25) is 5.02 Å². The van der Waals surface area contributed by atoms with Gasteiger partial charge in [0.1, 0.15) is 11.6 Å². The Labute approximate surface area is 183 Å². The number of fused-ring (bicyclic) bond motifs is 1. The van der Waals surface area contributed by atoms with Crippen molar-refractivity contribution in [2.75, 3.05) is 13.2 Å². The van der Waals surface area contributed by atoms with E-state index >= 15 is 0 Å². The number of hydrogen-bond acceptors (Lipinski definition) is 6. The Balaban J connectivity index is 1.73. The van der Waals surface area contributed by atoms with Crippen LogP contribution in [0.4, 0.5) is 0 Å². The maximum absolute atomic E-state index is 13.4. The van der Waals surface area contributed by atoms with Crippen LogP contribution in [-0.2, 0) is 9.53 Å². The second-order valence-electron chi connectivity index (χ2n) is 7.46. The second kappa shape index (κ2) is 8.53. The van der Waals surface area contributed by atoms with E-state index in [1.54, 1.807) is 48.7 Å². The highest BCUT2D eigenvalue weighted by atomic mass is 35.5. The van der Waals surface area contributed by atoms with E-state index < -0.39 is 23.5 Å². The molecule has 4 rings (SSSR count). The van der Waals surface area contributed by atoms with Gasteiger partial charge < -0.3 is 19.2 Å². The molecule has 0 radical (unpaired) electrons. The summed E-state index contributed by atoms with van der Waals surface area (Å²) in [6.45, 7) is 4.22. The lowest BCUT2D eigenvalue weighted by Gasteiger charge is -2.26. The van der Waals surface area contributed by atoms with Gasteiger partial charge in [-0.05, 0) is 50.2 Å². The molecular formula is C23H21ClN2O5. The van der Waals surface area contributed by atoms with Gasteiger partial charge in [-0.25, -0.2) is 0 Å². The standard InChI is InChI=1S/C23H21ClN2O5/c1-13(2)30-10-9-26-20(16-5-3-4-8-25-16)19(22(28)23(26)29)21(27)18-12-14-11-15(24)6-7-17(14)31-18/h3-8,11-13,20,28H,9-10H2,1-2H3. The van der Waals surface area contributed by atoms with E-state index in [4.69, 9.17) is 20.8 Å². The number of pyridine rings is 1. The number of halogens is 1. The Hall–Kier alpha value is -3.16. The first-order chi connectivity index (χ1) is 14.9. The first kappa shape index (κ1) is 21.1. The normalized spacial score (nSPS) is 16.7. The molecule has 1 aliphatic rings. The Kier molecular flexibility index (Phi) is 5.80. The van der Waals surface area contributed by atoms with E-state index in [9.17, 15) is 14.7 Å². The van der Waals surface area contributed by atoms with Crippen molar-refractivity contribution in [1.29, 1.82) is 0 Å². The molecule has 1 atom stereocenters. The van der Waals surface area contributed by atoms with E-state index in [0.717, 1.165) is 0 Å². The molecule has 3 aromatic rings. The number of furan rings is 1. The second-order valence-corrected chi connectivity index (χ2v) is 7.90. The Morgan fingerprint density at radius 2 is 2.10 bits per heavy atom. The minimum Gasteiger partial charge on any atom is -0.503 e. The van der Waals surface area contributed by atoms with Crippen molar-refractivity contribution >= 4 is 34.3 Å². The number of hydrogen-bond donors (Lipinski definition) is 1. The summed E-state index contributed by atoms with van der Waals surface area (Å²) in [6.07, 6.45) is 1.56. The number of benzene rings is 1. The topological polar surface area (TPSA) is 92.9 Å².